The number of para-hydroxylation sites is 1. The van der Waals surface area contributed by atoms with E-state index < -0.39 is 0 Å². The van der Waals surface area contributed by atoms with Gasteiger partial charge in [-0.2, -0.15) is 0 Å². The Balaban J connectivity index is 2.41. The van der Waals surface area contributed by atoms with E-state index in [4.69, 9.17) is 9.47 Å². The molecule has 5 nitrogen and oxygen atoms in total. The molecule has 0 saturated carbocycles. The molecule has 0 aliphatic heterocycles. The molecule has 0 bridgehead atoms. The Hall–Kier alpha value is -1.47. The molecule has 0 saturated heterocycles. The minimum absolute atomic E-state index is 0.334. The van der Waals surface area contributed by atoms with Crippen LogP contribution in [0, 0.1) is 0 Å². The van der Waals surface area contributed by atoms with Crippen molar-refractivity contribution in [2.75, 3.05) is 40.5 Å². The summed E-state index contributed by atoms with van der Waals surface area (Å²) in [7, 11) is 3.40. The molecule has 1 unspecified atom stereocenters. The fraction of sp³-hybridized carbons (Fsp3) is 0.474. The van der Waals surface area contributed by atoms with Crippen molar-refractivity contribution in [3.63, 3.8) is 0 Å². The zero-order valence-electron chi connectivity index (χ0n) is 15.7. The van der Waals surface area contributed by atoms with Crippen LogP contribution in [0.25, 0.3) is 0 Å². The van der Waals surface area contributed by atoms with E-state index in [1.54, 1.807) is 26.2 Å². The molecule has 0 aliphatic carbocycles. The molecule has 25 heavy (non-hydrogen) atoms. The topological polar surface area (TPSA) is 54.5 Å². The number of rotatable bonds is 13. The van der Waals surface area contributed by atoms with E-state index in [-0.39, 0.29) is 0 Å². The second kappa shape index (κ2) is 13.8. The third-order valence-corrected chi connectivity index (χ3v) is 4.22. The molecule has 0 fully saturated rings. The summed E-state index contributed by atoms with van der Waals surface area (Å²) in [6.07, 6.45) is 6.27. The van der Waals surface area contributed by atoms with Gasteiger partial charge in [-0.25, -0.2) is 0 Å². The van der Waals surface area contributed by atoms with E-state index in [0.717, 1.165) is 42.6 Å². The maximum Gasteiger partial charge on any atom is 0.133 e. The third kappa shape index (κ3) is 9.55. The van der Waals surface area contributed by atoms with Gasteiger partial charge in [-0.15, -0.1) is 0 Å². The third-order valence-electron chi connectivity index (χ3n) is 3.35. The Kier molecular flexibility index (Phi) is 11.9. The molecule has 0 aliphatic rings. The van der Waals surface area contributed by atoms with Crippen LogP contribution in [-0.2, 0) is 4.74 Å². The van der Waals surface area contributed by atoms with E-state index in [9.17, 15) is 0 Å². The SMILES string of the molecule is C/C=C\C(=C/CNSc1ccccc1OC)NC(C)CNCCOC. The van der Waals surface area contributed by atoms with Gasteiger partial charge >= 0.3 is 0 Å². The van der Waals surface area contributed by atoms with E-state index in [1.165, 1.54) is 0 Å². The zero-order chi connectivity index (χ0) is 18.3. The maximum atomic E-state index is 5.35. The fourth-order valence-corrected chi connectivity index (χ4v) is 2.88. The van der Waals surface area contributed by atoms with Gasteiger partial charge in [0.15, 0.2) is 0 Å². The van der Waals surface area contributed by atoms with E-state index in [2.05, 4.69) is 34.4 Å². The van der Waals surface area contributed by atoms with Gasteiger partial charge < -0.3 is 20.1 Å². The summed E-state index contributed by atoms with van der Waals surface area (Å²) < 4.78 is 13.7. The Morgan fingerprint density at radius 2 is 2.08 bits per heavy atom. The van der Waals surface area contributed by atoms with Crippen LogP contribution in [0.5, 0.6) is 5.75 Å². The molecule has 1 aromatic carbocycles. The summed E-state index contributed by atoms with van der Waals surface area (Å²) in [5, 5.41) is 6.88. The molecule has 0 aromatic heterocycles. The molecule has 0 heterocycles. The van der Waals surface area contributed by atoms with Gasteiger partial charge in [0.05, 0.1) is 18.6 Å². The standard InChI is InChI=1S/C19H31N3O2S/c1-5-8-17(22-16(2)15-20-13-14-23-3)11-12-21-25-19-10-7-6-9-18(19)24-4/h5-11,16,20-22H,12-15H2,1-4H3/b8-5-,17-11+. The second-order valence-corrected chi connectivity index (χ2v) is 6.44. The van der Waals surface area contributed by atoms with Gasteiger partial charge in [0.1, 0.15) is 5.75 Å². The molecule has 1 aromatic rings. The first-order chi connectivity index (χ1) is 12.2. The number of benzene rings is 1. The Morgan fingerprint density at radius 1 is 1.28 bits per heavy atom. The number of hydrogen-bond donors (Lipinski definition) is 3. The van der Waals surface area contributed by atoms with Crippen molar-refractivity contribution < 1.29 is 9.47 Å². The van der Waals surface area contributed by atoms with Crippen LogP contribution < -0.4 is 20.1 Å². The summed E-state index contributed by atoms with van der Waals surface area (Å²) in [6, 6.07) is 8.32. The minimum atomic E-state index is 0.334. The number of ether oxygens (including phenoxy) is 2. The highest BCUT2D eigenvalue weighted by Gasteiger charge is 2.03. The zero-order valence-corrected chi connectivity index (χ0v) is 16.5. The van der Waals surface area contributed by atoms with Crippen molar-refractivity contribution in [2.24, 2.45) is 0 Å². The highest BCUT2D eigenvalue weighted by atomic mass is 32.2. The van der Waals surface area contributed by atoms with Crippen molar-refractivity contribution in [1.29, 1.82) is 0 Å². The summed E-state index contributed by atoms with van der Waals surface area (Å²) in [6.45, 7) is 7.42. The summed E-state index contributed by atoms with van der Waals surface area (Å²) in [5.41, 5.74) is 1.11. The molecule has 140 valence electrons. The van der Waals surface area contributed by atoms with Gasteiger partial charge in [-0.05, 0) is 50.1 Å². The molecular weight excluding hydrogens is 334 g/mol. The molecule has 6 heteroatoms. The van der Waals surface area contributed by atoms with Crippen LogP contribution >= 0.6 is 11.9 Å². The highest BCUT2D eigenvalue weighted by molar-refractivity contribution is 7.97. The average Bonchev–Trinajstić information content (AvgIpc) is 2.62. The molecular formula is C19H31N3O2S. The smallest absolute Gasteiger partial charge is 0.133 e. The van der Waals surface area contributed by atoms with Crippen molar-refractivity contribution in [3.05, 3.63) is 48.2 Å². The summed E-state index contributed by atoms with van der Waals surface area (Å²) >= 11 is 1.57. The first-order valence-corrected chi connectivity index (χ1v) is 9.34. The van der Waals surface area contributed by atoms with Crippen molar-refractivity contribution in [3.8, 4) is 5.75 Å². The molecule has 3 N–H and O–H groups in total. The van der Waals surface area contributed by atoms with Crippen LogP contribution in [0.2, 0.25) is 0 Å². The van der Waals surface area contributed by atoms with Gasteiger partial charge in [-0.1, -0.05) is 18.2 Å². The van der Waals surface area contributed by atoms with Crippen LogP contribution in [0.1, 0.15) is 13.8 Å². The largest absolute Gasteiger partial charge is 0.496 e. The lowest BCUT2D eigenvalue weighted by molar-refractivity contribution is 0.199. The Morgan fingerprint density at radius 3 is 2.80 bits per heavy atom. The summed E-state index contributed by atoms with van der Waals surface area (Å²) in [4.78, 5) is 1.08. The van der Waals surface area contributed by atoms with Crippen LogP contribution in [-0.4, -0.2) is 46.5 Å². The summed E-state index contributed by atoms with van der Waals surface area (Å²) in [5.74, 6) is 0.881. The predicted molar refractivity (Wildman–Crippen MR) is 107 cm³/mol. The molecule has 1 rings (SSSR count). The first-order valence-electron chi connectivity index (χ1n) is 8.53. The fourth-order valence-electron chi connectivity index (χ4n) is 2.16. The van der Waals surface area contributed by atoms with Crippen molar-refractivity contribution >= 4 is 11.9 Å². The quantitative estimate of drug-likeness (QED) is 0.284. The molecule has 0 amide bonds. The lowest BCUT2D eigenvalue weighted by atomic mass is 10.2. The average molecular weight is 366 g/mol. The maximum absolute atomic E-state index is 5.35. The van der Waals surface area contributed by atoms with E-state index in [1.807, 2.05) is 37.3 Å². The van der Waals surface area contributed by atoms with Crippen molar-refractivity contribution in [1.82, 2.24) is 15.4 Å². The number of methoxy groups -OCH3 is 2. The van der Waals surface area contributed by atoms with Crippen molar-refractivity contribution in [2.45, 2.75) is 24.8 Å². The second-order valence-electron chi connectivity index (χ2n) is 5.50. The number of nitrogens with one attached hydrogen (secondary N) is 3. The van der Waals surface area contributed by atoms with Crippen LogP contribution in [0.3, 0.4) is 0 Å². The van der Waals surface area contributed by atoms with E-state index in [0.29, 0.717) is 6.04 Å². The Labute approximate surface area is 156 Å². The molecule has 0 spiro atoms. The lowest BCUT2D eigenvalue weighted by Crippen LogP contribution is -2.36. The normalized spacial score (nSPS) is 13.2. The van der Waals surface area contributed by atoms with Crippen LogP contribution in [0.4, 0.5) is 0 Å². The first kappa shape index (κ1) is 21.6. The monoisotopic (exact) mass is 365 g/mol. The molecule has 1 atom stereocenters. The molecule has 0 radical (unpaired) electrons. The van der Waals surface area contributed by atoms with Crippen LogP contribution in [0.15, 0.2) is 53.1 Å². The van der Waals surface area contributed by atoms with Gasteiger partial charge in [0.2, 0.25) is 0 Å². The number of hydrogen-bond acceptors (Lipinski definition) is 6. The van der Waals surface area contributed by atoms with Gasteiger partial charge in [-0.3, -0.25) is 4.72 Å². The number of allylic oxidation sites excluding steroid dienone is 2. The van der Waals surface area contributed by atoms with Gasteiger partial charge in [0, 0.05) is 38.5 Å². The Bertz CT molecular complexity index is 535. The van der Waals surface area contributed by atoms with E-state index >= 15 is 0 Å². The van der Waals surface area contributed by atoms with Gasteiger partial charge in [0.25, 0.3) is 0 Å². The lowest BCUT2D eigenvalue weighted by Gasteiger charge is -2.17. The predicted octanol–water partition coefficient (Wildman–Crippen LogP) is 2.97. The highest BCUT2D eigenvalue weighted by Crippen LogP contribution is 2.26. The minimum Gasteiger partial charge on any atom is -0.496 e.